The van der Waals surface area contributed by atoms with Crippen molar-refractivity contribution in [3.63, 3.8) is 0 Å². The number of carbonyl (C=O) groups is 2. The van der Waals surface area contributed by atoms with Crippen LogP contribution >= 0.6 is 15.9 Å². The van der Waals surface area contributed by atoms with E-state index in [0.29, 0.717) is 41.7 Å². The van der Waals surface area contributed by atoms with Gasteiger partial charge >= 0.3 is 6.09 Å². The van der Waals surface area contributed by atoms with Crippen molar-refractivity contribution in [3.8, 4) is 11.5 Å². The van der Waals surface area contributed by atoms with Gasteiger partial charge in [-0.15, -0.1) is 0 Å². The van der Waals surface area contributed by atoms with Gasteiger partial charge in [0.1, 0.15) is 42.2 Å². The summed E-state index contributed by atoms with van der Waals surface area (Å²) in [4.78, 5) is 33.6. The number of anilines is 2. The van der Waals surface area contributed by atoms with Gasteiger partial charge < -0.3 is 19.5 Å². The van der Waals surface area contributed by atoms with Crippen molar-refractivity contribution in [2.24, 2.45) is 0 Å². The zero-order chi connectivity index (χ0) is 28.0. The van der Waals surface area contributed by atoms with E-state index in [2.05, 4.69) is 36.5 Å². The summed E-state index contributed by atoms with van der Waals surface area (Å²) in [6.07, 6.45) is 0.911. The van der Waals surface area contributed by atoms with Gasteiger partial charge in [-0.3, -0.25) is 10.1 Å². The summed E-state index contributed by atoms with van der Waals surface area (Å²) >= 11 is 3.50. The minimum atomic E-state index is -0.640. The Morgan fingerprint density at radius 3 is 2.26 bits per heavy atom. The molecular weight excluding hydrogens is 564 g/mol. The molecule has 0 aliphatic carbocycles. The van der Waals surface area contributed by atoms with Gasteiger partial charge in [-0.05, 0) is 76.2 Å². The highest BCUT2D eigenvalue weighted by molar-refractivity contribution is 9.10. The van der Waals surface area contributed by atoms with E-state index in [1.165, 1.54) is 6.33 Å². The molecule has 2 N–H and O–H groups in total. The lowest BCUT2D eigenvalue weighted by atomic mass is 10.2. The Balaban J connectivity index is 1.32. The average molecular weight is 593 g/mol. The third-order valence-corrected chi connectivity index (χ3v) is 5.86. The molecule has 1 aromatic heterocycles. The summed E-state index contributed by atoms with van der Waals surface area (Å²) in [5.74, 6) is 0.906. The second-order valence-electron chi connectivity index (χ2n) is 9.61. The Morgan fingerprint density at radius 1 is 0.897 bits per heavy atom. The summed E-state index contributed by atoms with van der Waals surface area (Å²) in [7, 11) is 0. The third-order valence-electron chi connectivity index (χ3n) is 5.40. The van der Waals surface area contributed by atoms with E-state index in [1.807, 2.05) is 19.1 Å². The summed E-state index contributed by atoms with van der Waals surface area (Å²) in [5.41, 5.74) is 2.28. The fourth-order valence-corrected chi connectivity index (χ4v) is 4.10. The minimum Gasteiger partial charge on any atom is -0.490 e. The number of nitrogens with one attached hydrogen (secondary N) is 2. The molecule has 4 rings (SSSR count). The van der Waals surface area contributed by atoms with Crippen LogP contribution in [0.5, 0.6) is 11.5 Å². The van der Waals surface area contributed by atoms with Crippen molar-refractivity contribution >= 4 is 50.2 Å². The van der Waals surface area contributed by atoms with E-state index in [1.54, 1.807) is 69.3 Å². The van der Waals surface area contributed by atoms with Crippen molar-refractivity contribution in [3.05, 3.63) is 82.7 Å². The van der Waals surface area contributed by atoms with Crippen LogP contribution in [0.25, 0.3) is 10.9 Å². The Kier molecular flexibility index (Phi) is 8.65. The number of rotatable bonds is 8. The number of hydrogen-bond donors (Lipinski definition) is 2. The maximum atomic E-state index is 12.8. The molecule has 0 fully saturated rings. The number of nitrogens with zero attached hydrogens (tertiary/aromatic N) is 2. The van der Waals surface area contributed by atoms with Crippen molar-refractivity contribution in [2.75, 3.05) is 23.8 Å². The molecule has 0 saturated heterocycles. The van der Waals surface area contributed by atoms with E-state index in [9.17, 15) is 9.59 Å². The topological polar surface area (TPSA) is 112 Å². The van der Waals surface area contributed by atoms with Crippen LogP contribution in [0.15, 0.2) is 71.5 Å². The Morgan fingerprint density at radius 2 is 1.56 bits per heavy atom. The van der Waals surface area contributed by atoms with Gasteiger partial charge in [-0.25, -0.2) is 14.8 Å². The van der Waals surface area contributed by atoms with Gasteiger partial charge in [-0.2, -0.15) is 0 Å². The number of para-hydroxylation sites is 2. The maximum absolute atomic E-state index is 12.8. The van der Waals surface area contributed by atoms with E-state index < -0.39 is 11.7 Å². The van der Waals surface area contributed by atoms with Gasteiger partial charge in [0.15, 0.2) is 0 Å². The number of aryl methyl sites for hydroxylation is 1. The maximum Gasteiger partial charge on any atom is 0.412 e. The highest BCUT2D eigenvalue weighted by atomic mass is 79.9. The fraction of sp³-hybridized carbons (Fsp3) is 0.241. The molecule has 1 heterocycles. The number of halogens is 1. The molecule has 2 amide bonds. The van der Waals surface area contributed by atoms with Gasteiger partial charge in [0.2, 0.25) is 0 Å². The molecule has 0 spiro atoms. The molecule has 0 aliphatic heterocycles. The number of amides is 2. The van der Waals surface area contributed by atoms with Gasteiger partial charge in [0.05, 0.1) is 11.4 Å². The minimum absolute atomic E-state index is 0.299. The smallest absolute Gasteiger partial charge is 0.412 e. The molecule has 0 atom stereocenters. The first-order valence-corrected chi connectivity index (χ1v) is 13.1. The molecule has 0 bridgehead atoms. The van der Waals surface area contributed by atoms with E-state index >= 15 is 0 Å². The van der Waals surface area contributed by atoms with E-state index in [-0.39, 0.29) is 5.91 Å². The lowest BCUT2D eigenvalue weighted by Gasteiger charge is -2.20. The van der Waals surface area contributed by atoms with Crippen LogP contribution in [0.2, 0.25) is 0 Å². The van der Waals surface area contributed by atoms with Gasteiger partial charge in [0, 0.05) is 21.1 Å². The molecule has 0 aliphatic rings. The molecule has 0 radical (unpaired) electrons. The lowest BCUT2D eigenvalue weighted by Crippen LogP contribution is -2.27. The van der Waals surface area contributed by atoms with E-state index in [0.717, 1.165) is 21.1 Å². The first-order chi connectivity index (χ1) is 18.6. The molecule has 0 unspecified atom stereocenters. The van der Waals surface area contributed by atoms with E-state index in [4.69, 9.17) is 14.2 Å². The molecule has 3 aromatic carbocycles. The van der Waals surface area contributed by atoms with Crippen molar-refractivity contribution in [1.29, 1.82) is 0 Å². The van der Waals surface area contributed by atoms with Crippen molar-refractivity contribution in [1.82, 2.24) is 9.97 Å². The first kappa shape index (κ1) is 27.8. The number of benzene rings is 3. The Hall–Kier alpha value is -4.18. The highest BCUT2D eigenvalue weighted by Gasteiger charge is 2.18. The summed E-state index contributed by atoms with van der Waals surface area (Å²) in [6, 6.07) is 17.5. The first-order valence-electron chi connectivity index (χ1n) is 12.3. The van der Waals surface area contributed by atoms with Crippen LogP contribution in [0, 0.1) is 6.92 Å². The lowest BCUT2D eigenvalue weighted by molar-refractivity contribution is 0.0635. The molecule has 0 saturated carbocycles. The van der Waals surface area contributed by atoms with Crippen LogP contribution in [0.4, 0.5) is 16.2 Å². The van der Waals surface area contributed by atoms with Crippen LogP contribution in [-0.4, -0.2) is 40.8 Å². The standard InChI is InChI=1S/C29H29BrN4O5/c1-18-22-15-20(30)16-25(26(22)32-17-31-18)38-14-13-37-21-11-9-19(10-12-21)27(35)33-23-7-5-6-8-24(23)34-28(36)39-29(2,3)4/h5-12,15-17H,13-14H2,1-4H3,(H,33,35)(H,34,36). The summed E-state index contributed by atoms with van der Waals surface area (Å²) in [6.45, 7) is 7.86. The van der Waals surface area contributed by atoms with Crippen molar-refractivity contribution < 1.29 is 23.8 Å². The SMILES string of the molecule is Cc1ncnc2c(OCCOc3ccc(C(=O)Nc4ccccc4NC(=O)OC(C)(C)C)cc3)cc(Br)cc12. The largest absolute Gasteiger partial charge is 0.490 e. The number of aromatic nitrogens is 2. The second kappa shape index (κ2) is 12.1. The highest BCUT2D eigenvalue weighted by Crippen LogP contribution is 2.30. The normalized spacial score (nSPS) is 11.1. The van der Waals surface area contributed by atoms with Gasteiger partial charge in [-0.1, -0.05) is 28.1 Å². The number of hydrogen-bond acceptors (Lipinski definition) is 7. The quantitative estimate of drug-likeness (QED) is 0.217. The summed E-state index contributed by atoms with van der Waals surface area (Å²) < 4.78 is 17.9. The summed E-state index contributed by atoms with van der Waals surface area (Å²) in [5, 5.41) is 6.41. The fourth-order valence-electron chi connectivity index (χ4n) is 3.66. The number of ether oxygens (including phenoxy) is 3. The van der Waals surface area contributed by atoms with Crippen LogP contribution in [0.1, 0.15) is 36.8 Å². The molecule has 10 heteroatoms. The monoisotopic (exact) mass is 592 g/mol. The zero-order valence-electron chi connectivity index (χ0n) is 22.1. The number of carbonyl (C=O) groups excluding carboxylic acids is 2. The van der Waals surface area contributed by atoms with Crippen molar-refractivity contribution in [2.45, 2.75) is 33.3 Å². The molecule has 9 nitrogen and oxygen atoms in total. The Bertz CT molecular complexity index is 1490. The Labute approximate surface area is 235 Å². The predicted molar refractivity (Wildman–Crippen MR) is 154 cm³/mol. The zero-order valence-corrected chi connectivity index (χ0v) is 23.7. The van der Waals surface area contributed by atoms with Crippen LogP contribution in [0.3, 0.4) is 0 Å². The second-order valence-corrected chi connectivity index (χ2v) is 10.5. The molecular formula is C29H29BrN4O5. The number of fused-ring (bicyclic) bond motifs is 1. The van der Waals surface area contributed by atoms with Crippen LogP contribution < -0.4 is 20.1 Å². The average Bonchev–Trinajstić information content (AvgIpc) is 2.87. The predicted octanol–water partition coefficient (Wildman–Crippen LogP) is 6.76. The third kappa shape index (κ3) is 7.67. The molecule has 39 heavy (non-hydrogen) atoms. The van der Waals surface area contributed by atoms with Crippen LogP contribution in [-0.2, 0) is 4.74 Å². The molecule has 202 valence electrons. The van der Waals surface area contributed by atoms with Gasteiger partial charge in [0.25, 0.3) is 5.91 Å². The molecule has 4 aromatic rings.